The van der Waals surface area contributed by atoms with E-state index in [0.717, 1.165) is 36.5 Å². The zero-order valence-corrected chi connectivity index (χ0v) is 13.1. The number of methoxy groups -OCH3 is 1. The lowest BCUT2D eigenvalue weighted by Crippen LogP contribution is -2.36. The van der Waals surface area contributed by atoms with Gasteiger partial charge in [0.1, 0.15) is 5.75 Å². The van der Waals surface area contributed by atoms with Crippen molar-refractivity contribution in [3.05, 3.63) is 29.3 Å². The summed E-state index contributed by atoms with van der Waals surface area (Å²) >= 11 is 0. The Kier molecular flexibility index (Phi) is 5.09. The molecule has 0 bridgehead atoms. The van der Waals surface area contributed by atoms with Crippen molar-refractivity contribution in [2.75, 3.05) is 7.11 Å². The molecule has 2 rings (SSSR count). The van der Waals surface area contributed by atoms with Gasteiger partial charge in [0.15, 0.2) is 0 Å². The van der Waals surface area contributed by atoms with Gasteiger partial charge < -0.3 is 9.84 Å². The normalized spacial score (nSPS) is 26.5. The number of aliphatic hydroxyl groups is 1. The number of aryl methyl sites for hydroxylation is 1. The Labute approximate surface area is 123 Å². The van der Waals surface area contributed by atoms with Crippen LogP contribution in [-0.2, 0) is 6.42 Å². The third-order valence-corrected chi connectivity index (χ3v) is 4.69. The highest BCUT2D eigenvalue weighted by Crippen LogP contribution is 2.37. The van der Waals surface area contributed by atoms with E-state index >= 15 is 0 Å². The van der Waals surface area contributed by atoms with E-state index in [0.29, 0.717) is 0 Å². The first kappa shape index (κ1) is 15.4. The molecule has 0 aromatic heterocycles. The minimum atomic E-state index is -0.536. The Morgan fingerprint density at radius 2 is 2.00 bits per heavy atom. The number of benzene rings is 1. The molecular weight excluding hydrogens is 248 g/mol. The fourth-order valence-corrected chi connectivity index (χ4v) is 3.49. The predicted octanol–water partition coefficient (Wildman–Crippen LogP) is 4.27. The van der Waals surface area contributed by atoms with Crippen molar-refractivity contribution in [1.29, 1.82) is 0 Å². The summed E-state index contributed by atoms with van der Waals surface area (Å²) in [5.74, 6) is 1.72. The lowest BCUT2D eigenvalue weighted by atomic mass is 9.74. The van der Waals surface area contributed by atoms with Crippen LogP contribution in [0.5, 0.6) is 5.75 Å². The average molecular weight is 276 g/mol. The van der Waals surface area contributed by atoms with Gasteiger partial charge in [-0.2, -0.15) is 0 Å². The van der Waals surface area contributed by atoms with Gasteiger partial charge in [0.25, 0.3) is 0 Å². The van der Waals surface area contributed by atoms with Crippen molar-refractivity contribution in [1.82, 2.24) is 0 Å². The molecule has 2 nitrogen and oxygen atoms in total. The van der Waals surface area contributed by atoms with Gasteiger partial charge in [-0.3, -0.25) is 0 Å². The Balaban J connectivity index is 2.04. The number of ether oxygens (including phenoxy) is 1. The molecule has 0 aliphatic heterocycles. The maximum atomic E-state index is 10.9. The number of hydrogen-bond acceptors (Lipinski definition) is 2. The SMILES string of the molecule is CCCC1CCC(O)(Cc2cc(C)ccc2OC)CC1. The zero-order chi connectivity index (χ0) is 14.6. The molecule has 1 N–H and O–H groups in total. The largest absolute Gasteiger partial charge is 0.496 e. The molecule has 0 atom stereocenters. The molecule has 0 heterocycles. The molecule has 0 saturated heterocycles. The van der Waals surface area contributed by atoms with Crippen LogP contribution in [-0.4, -0.2) is 17.8 Å². The van der Waals surface area contributed by atoms with Gasteiger partial charge in [-0.1, -0.05) is 37.5 Å². The molecule has 1 saturated carbocycles. The molecule has 1 aromatic carbocycles. The third-order valence-electron chi connectivity index (χ3n) is 4.69. The molecule has 20 heavy (non-hydrogen) atoms. The first-order valence-corrected chi connectivity index (χ1v) is 7.92. The highest BCUT2D eigenvalue weighted by Gasteiger charge is 2.33. The molecule has 2 heteroatoms. The minimum Gasteiger partial charge on any atom is -0.496 e. The van der Waals surface area contributed by atoms with Crippen LogP contribution in [0.25, 0.3) is 0 Å². The quantitative estimate of drug-likeness (QED) is 0.870. The topological polar surface area (TPSA) is 29.5 Å². The average Bonchev–Trinajstić information content (AvgIpc) is 2.42. The fourth-order valence-electron chi connectivity index (χ4n) is 3.49. The Bertz CT molecular complexity index is 431. The second-order valence-corrected chi connectivity index (χ2v) is 6.45. The Morgan fingerprint density at radius 1 is 1.30 bits per heavy atom. The van der Waals surface area contributed by atoms with E-state index in [1.165, 1.54) is 31.2 Å². The van der Waals surface area contributed by atoms with Crippen LogP contribution >= 0.6 is 0 Å². The van der Waals surface area contributed by atoms with Crippen LogP contribution in [0.2, 0.25) is 0 Å². The summed E-state index contributed by atoms with van der Waals surface area (Å²) in [7, 11) is 1.70. The van der Waals surface area contributed by atoms with Crippen molar-refractivity contribution in [2.24, 2.45) is 5.92 Å². The minimum absolute atomic E-state index is 0.536. The smallest absolute Gasteiger partial charge is 0.122 e. The van der Waals surface area contributed by atoms with Crippen LogP contribution < -0.4 is 4.74 Å². The van der Waals surface area contributed by atoms with Crippen LogP contribution in [0.15, 0.2) is 18.2 Å². The van der Waals surface area contributed by atoms with E-state index in [1.807, 2.05) is 6.07 Å². The highest BCUT2D eigenvalue weighted by atomic mass is 16.5. The van der Waals surface area contributed by atoms with Crippen molar-refractivity contribution in [3.63, 3.8) is 0 Å². The van der Waals surface area contributed by atoms with Crippen molar-refractivity contribution >= 4 is 0 Å². The summed E-state index contributed by atoms with van der Waals surface area (Å²) in [4.78, 5) is 0. The van der Waals surface area contributed by atoms with E-state index in [1.54, 1.807) is 7.11 Å². The van der Waals surface area contributed by atoms with Crippen LogP contribution in [0.3, 0.4) is 0 Å². The van der Waals surface area contributed by atoms with E-state index in [9.17, 15) is 5.11 Å². The van der Waals surface area contributed by atoms with Crippen LogP contribution in [0, 0.1) is 12.8 Å². The fraction of sp³-hybridized carbons (Fsp3) is 0.667. The molecule has 1 aliphatic rings. The molecule has 112 valence electrons. The highest BCUT2D eigenvalue weighted by molar-refractivity contribution is 5.37. The van der Waals surface area contributed by atoms with Crippen molar-refractivity contribution < 1.29 is 9.84 Å². The second-order valence-electron chi connectivity index (χ2n) is 6.45. The van der Waals surface area contributed by atoms with Gasteiger partial charge in [0, 0.05) is 6.42 Å². The third kappa shape index (κ3) is 3.76. The first-order valence-electron chi connectivity index (χ1n) is 7.92. The summed E-state index contributed by atoms with van der Waals surface area (Å²) in [5, 5.41) is 10.9. The summed E-state index contributed by atoms with van der Waals surface area (Å²) in [6.07, 6.45) is 7.47. The van der Waals surface area contributed by atoms with Crippen molar-refractivity contribution in [2.45, 2.75) is 64.4 Å². The monoisotopic (exact) mass is 276 g/mol. The lowest BCUT2D eigenvalue weighted by molar-refractivity contribution is -0.0103. The zero-order valence-electron chi connectivity index (χ0n) is 13.1. The number of rotatable bonds is 5. The van der Waals surface area contributed by atoms with Crippen LogP contribution in [0.4, 0.5) is 0 Å². The molecule has 1 aromatic rings. The van der Waals surface area contributed by atoms with Crippen LogP contribution in [0.1, 0.15) is 56.6 Å². The first-order chi connectivity index (χ1) is 9.56. The number of hydrogen-bond donors (Lipinski definition) is 1. The lowest BCUT2D eigenvalue weighted by Gasteiger charge is -2.36. The summed E-state index contributed by atoms with van der Waals surface area (Å²) in [6.45, 7) is 4.34. The van der Waals surface area contributed by atoms with E-state index in [4.69, 9.17) is 4.74 Å². The van der Waals surface area contributed by atoms with E-state index in [-0.39, 0.29) is 0 Å². The Hall–Kier alpha value is -1.02. The molecule has 0 amide bonds. The molecule has 1 aliphatic carbocycles. The van der Waals surface area contributed by atoms with Gasteiger partial charge in [0.05, 0.1) is 12.7 Å². The van der Waals surface area contributed by atoms with Crippen molar-refractivity contribution in [3.8, 4) is 5.75 Å². The summed E-state index contributed by atoms with van der Waals surface area (Å²) in [5.41, 5.74) is 1.83. The molecule has 0 unspecified atom stereocenters. The maximum Gasteiger partial charge on any atom is 0.122 e. The summed E-state index contributed by atoms with van der Waals surface area (Å²) in [6, 6.07) is 6.22. The molecule has 1 fully saturated rings. The summed E-state index contributed by atoms with van der Waals surface area (Å²) < 4.78 is 5.44. The van der Waals surface area contributed by atoms with Gasteiger partial charge in [-0.25, -0.2) is 0 Å². The maximum absolute atomic E-state index is 10.9. The van der Waals surface area contributed by atoms with Gasteiger partial charge in [0.2, 0.25) is 0 Å². The molecule has 0 radical (unpaired) electrons. The van der Waals surface area contributed by atoms with E-state index < -0.39 is 5.60 Å². The van der Waals surface area contributed by atoms with Gasteiger partial charge in [-0.15, -0.1) is 0 Å². The van der Waals surface area contributed by atoms with Gasteiger partial charge in [-0.05, 0) is 50.2 Å². The predicted molar refractivity (Wildman–Crippen MR) is 83.3 cm³/mol. The van der Waals surface area contributed by atoms with E-state index in [2.05, 4.69) is 26.0 Å². The standard InChI is InChI=1S/C18H28O2/c1-4-5-15-8-10-18(19,11-9-15)13-16-12-14(2)6-7-17(16)20-3/h6-7,12,15,19H,4-5,8-11,13H2,1-3H3. The second kappa shape index (κ2) is 6.62. The van der Waals surface area contributed by atoms with Gasteiger partial charge >= 0.3 is 0 Å². The molecule has 0 spiro atoms. The molecular formula is C18H28O2. The Morgan fingerprint density at radius 3 is 2.60 bits per heavy atom.